The molecule has 27 heavy (non-hydrogen) atoms. The van der Waals surface area contributed by atoms with Crippen molar-refractivity contribution in [1.82, 2.24) is 9.78 Å². The molecule has 2 aromatic carbocycles. The monoisotopic (exact) mass is 424 g/mol. The van der Waals surface area contributed by atoms with E-state index >= 15 is 0 Å². The highest BCUT2D eigenvalue weighted by Gasteiger charge is 2.17. The van der Waals surface area contributed by atoms with Crippen molar-refractivity contribution in [3.05, 3.63) is 64.8 Å². The number of carbonyl (C=O) groups is 1. The molecule has 0 bridgehead atoms. The van der Waals surface area contributed by atoms with Gasteiger partial charge < -0.3 is 4.74 Å². The second kappa shape index (κ2) is 7.72. The number of esters is 1. The van der Waals surface area contributed by atoms with Crippen molar-refractivity contribution in [1.29, 1.82) is 0 Å². The fraction of sp³-hybridized carbons (Fsp3) is 0.111. The Kier molecular flexibility index (Phi) is 5.55. The molecule has 0 aliphatic carbocycles. The van der Waals surface area contributed by atoms with Crippen LogP contribution < -0.4 is 0 Å². The predicted octanol–water partition coefficient (Wildman–Crippen LogP) is 4.14. The normalized spacial score (nSPS) is 11.4. The van der Waals surface area contributed by atoms with E-state index in [1.54, 1.807) is 41.1 Å². The van der Waals surface area contributed by atoms with Crippen LogP contribution in [0.2, 0.25) is 10.2 Å². The number of ether oxygens (including phenoxy) is 1. The molecule has 1 heterocycles. The Morgan fingerprint density at radius 2 is 1.81 bits per heavy atom. The van der Waals surface area contributed by atoms with Crippen molar-refractivity contribution < 1.29 is 17.9 Å². The maximum Gasteiger partial charge on any atom is 0.303 e. The summed E-state index contributed by atoms with van der Waals surface area (Å²) in [6.07, 6.45) is 0. The molecule has 3 aromatic rings. The molecule has 0 fully saturated rings. The van der Waals surface area contributed by atoms with Gasteiger partial charge in [-0.25, -0.2) is 13.1 Å². The number of carbonyl (C=O) groups excluding carboxylic acids is 1. The molecule has 0 atom stereocenters. The zero-order valence-electron chi connectivity index (χ0n) is 14.1. The topological polar surface area (TPSA) is 78.3 Å². The number of rotatable bonds is 5. The second-order valence-electron chi connectivity index (χ2n) is 5.64. The predicted molar refractivity (Wildman–Crippen MR) is 103 cm³/mol. The Morgan fingerprint density at radius 1 is 1.11 bits per heavy atom. The molecule has 0 aliphatic heterocycles. The van der Waals surface area contributed by atoms with Gasteiger partial charge >= 0.3 is 5.97 Å². The van der Waals surface area contributed by atoms with E-state index in [0.717, 1.165) is 12.6 Å². The minimum Gasteiger partial charge on any atom is -0.449 e. The third-order valence-corrected chi connectivity index (χ3v) is 5.50. The number of sulfone groups is 1. The number of benzene rings is 2. The van der Waals surface area contributed by atoms with E-state index < -0.39 is 21.7 Å². The van der Waals surface area contributed by atoms with Gasteiger partial charge in [-0.15, -0.1) is 0 Å². The lowest BCUT2D eigenvalue weighted by atomic mass is 10.1. The van der Waals surface area contributed by atoms with Crippen LogP contribution in [0.1, 0.15) is 6.92 Å². The van der Waals surface area contributed by atoms with Crippen molar-refractivity contribution in [2.24, 2.45) is 0 Å². The van der Waals surface area contributed by atoms with Gasteiger partial charge in [-0.3, -0.25) is 4.79 Å². The fourth-order valence-electron chi connectivity index (χ4n) is 2.42. The Balaban J connectivity index is 1.96. The zero-order chi connectivity index (χ0) is 19.6. The first kappa shape index (κ1) is 19.4. The van der Waals surface area contributed by atoms with E-state index in [1.807, 2.05) is 6.07 Å². The minimum absolute atomic E-state index is 0.0485. The van der Waals surface area contributed by atoms with Crippen LogP contribution in [-0.4, -0.2) is 30.1 Å². The van der Waals surface area contributed by atoms with Crippen molar-refractivity contribution in [2.45, 2.75) is 11.8 Å². The average Bonchev–Trinajstić information content (AvgIpc) is 3.02. The SMILES string of the molecule is CC(=O)OCS(=O)(=O)c1ccc(-c2cc(Cl)nn2-c2cccc(Cl)c2)cc1. The number of hydrogen-bond donors (Lipinski definition) is 0. The van der Waals surface area contributed by atoms with Gasteiger partial charge in [-0.05, 0) is 30.3 Å². The third kappa shape index (κ3) is 4.50. The van der Waals surface area contributed by atoms with Gasteiger partial charge in [0.1, 0.15) is 0 Å². The van der Waals surface area contributed by atoms with Crippen LogP contribution in [0.5, 0.6) is 0 Å². The molecule has 6 nitrogen and oxygen atoms in total. The molecule has 0 spiro atoms. The van der Waals surface area contributed by atoms with Crippen molar-refractivity contribution in [2.75, 3.05) is 5.94 Å². The summed E-state index contributed by atoms with van der Waals surface area (Å²) in [4.78, 5) is 10.9. The smallest absolute Gasteiger partial charge is 0.303 e. The number of hydrogen-bond acceptors (Lipinski definition) is 5. The summed E-state index contributed by atoms with van der Waals surface area (Å²) in [6, 6.07) is 14.9. The first-order valence-electron chi connectivity index (χ1n) is 7.74. The Bertz CT molecular complexity index is 1090. The minimum atomic E-state index is -3.73. The Morgan fingerprint density at radius 3 is 2.44 bits per heavy atom. The van der Waals surface area contributed by atoms with Crippen molar-refractivity contribution >= 4 is 39.0 Å². The zero-order valence-corrected chi connectivity index (χ0v) is 16.4. The quantitative estimate of drug-likeness (QED) is 0.575. The summed E-state index contributed by atoms with van der Waals surface area (Å²) in [7, 11) is -3.73. The van der Waals surface area contributed by atoms with Crippen molar-refractivity contribution in [3.8, 4) is 16.9 Å². The van der Waals surface area contributed by atoms with E-state index in [-0.39, 0.29) is 10.0 Å². The molecular weight excluding hydrogens is 411 g/mol. The lowest BCUT2D eigenvalue weighted by Crippen LogP contribution is -2.12. The number of aromatic nitrogens is 2. The fourth-order valence-corrected chi connectivity index (χ4v) is 3.80. The summed E-state index contributed by atoms with van der Waals surface area (Å²) in [5.74, 6) is -1.36. The highest BCUT2D eigenvalue weighted by atomic mass is 35.5. The lowest BCUT2D eigenvalue weighted by molar-refractivity contribution is -0.138. The van der Waals surface area contributed by atoms with Gasteiger partial charge in [0.15, 0.2) is 11.1 Å². The molecule has 0 N–H and O–H groups in total. The van der Waals surface area contributed by atoms with Crippen LogP contribution in [0.25, 0.3) is 16.9 Å². The molecule has 3 rings (SSSR count). The first-order valence-corrected chi connectivity index (χ1v) is 10.2. The van der Waals surface area contributed by atoms with Crippen LogP contribution in [0.15, 0.2) is 59.5 Å². The van der Waals surface area contributed by atoms with E-state index in [0.29, 0.717) is 16.3 Å². The molecular formula is C18H14Cl2N2O4S. The van der Waals surface area contributed by atoms with Crippen molar-refractivity contribution in [3.63, 3.8) is 0 Å². The molecule has 0 saturated heterocycles. The standard InChI is InChI=1S/C18H14Cl2N2O4S/c1-12(23)26-11-27(24,25)16-7-5-13(6-8-16)17-10-18(20)21-22(17)15-4-2-3-14(19)9-15/h2-10H,11H2,1H3. The Hall–Kier alpha value is -2.35. The van der Waals surface area contributed by atoms with E-state index in [4.69, 9.17) is 23.2 Å². The summed E-state index contributed by atoms with van der Waals surface area (Å²) < 4.78 is 30.6. The Labute approximate surface area is 166 Å². The third-order valence-electron chi connectivity index (χ3n) is 3.66. The number of halogens is 2. The van der Waals surface area contributed by atoms with Gasteiger partial charge in [-0.2, -0.15) is 5.10 Å². The maximum absolute atomic E-state index is 12.2. The molecule has 1 aromatic heterocycles. The van der Waals surface area contributed by atoms with Crippen LogP contribution in [0.3, 0.4) is 0 Å². The van der Waals surface area contributed by atoms with E-state index in [1.165, 1.54) is 12.1 Å². The summed E-state index contributed by atoms with van der Waals surface area (Å²) in [5, 5.41) is 5.11. The average molecular weight is 425 g/mol. The second-order valence-corrected chi connectivity index (χ2v) is 8.40. The molecule has 140 valence electrons. The van der Waals surface area contributed by atoms with Gasteiger partial charge in [-0.1, -0.05) is 41.4 Å². The first-order chi connectivity index (χ1) is 12.8. The summed E-state index contributed by atoms with van der Waals surface area (Å²) in [5.41, 5.74) is 2.10. The highest BCUT2D eigenvalue weighted by Crippen LogP contribution is 2.28. The van der Waals surface area contributed by atoms with Crippen LogP contribution >= 0.6 is 23.2 Å². The highest BCUT2D eigenvalue weighted by molar-refractivity contribution is 7.91. The lowest BCUT2D eigenvalue weighted by Gasteiger charge is -2.09. The molecule has 0 radical (unpaired) electrons. The molecule has 9 heteroatoms. The summed E-state index contributed by atoms with van der Waals surface area (Å²) >= 11 is 12.1. The molecule has 0 aliphatic rings. The van der Waals surface area contributed by atoms with E-state index in [9.17, 15) is 13.2 Å². The van der Waals surface area contributed by atoms with E-state index in [2.05, 4.69) is 9.84 Å². The van der Waals surface area contributed by atoms with Gasteiger partial charge in [0.05, 0.1) is 16.3 Å². The largest absolute Gasteiger partial charge is 0.449 e. The summed E-state index contributed by atoms with van der Waals surface area (Å²) in [6.45, 7) is 1.15. The molecule has 0 unspecified atom stereocenters. The molecule has 0 amide bonds. The maximum atomic E-state index is 12.2. The van der Waals surface area contributed by atoms with Gasteiger partial charge in [0.2, 0.25) is 9.84 Å². The number of nitrogens with zero attached hydrogens (tertiary/aromatic N) is 2. The molecule has 0 saturated carbocycles. The van der Waals surface area contributed by atoms with Crippen LogP contribution in [0.4, 0.5) is 0 Å². The van der Waals surface area contributed by atoms with Gasteiger partial charge in [0, 0.05) is 23.6 Å². The van der Waals surface area contributed by atoms with Crippen LogP contribution in [0, 0.1) is 0 Å². The van der Waals surface area contributed by atoms with Crippen LogP contribution in [-0.2, 0) is 19.4 Å². The van der Waals surface area contributed by atoms with Gasteiger partial charge in [0.25, 0.3) is 0 Å².